The van der Waals surface area contributed by atoms with Gasteiger partial charge in [-0.05, 0) is 55.8 Å². The van der Waals surface area contributed by atoms with Gasteiger partial charge in [0.2, 0.25) is 0 Å². The zero-order valence-electron chi connectivity index (χ0n) is 10.2. The predicted octanol–water partition coefficient (Wildman–Crippen LogP) is 5.33. The lowest BCUT2D eigenvalue weighted by molar-refractivity contribution is 0.106. The summed E-state index contributed by atoms with van der Waals surface area (Å²) in [5, 5.41) is 0. The molecule has 3 heterocycles. The smallest absolute Gasteiger partial charge is 0.141 e. The highest BCUT2D eigenvalue weighted by molar-refractivity contribution is 14.1. The zero-order valence-corrected chi connectivity index (χ0v) is 14.0. The summed E-state index contributed by atoms with van der Waals surface area (Å²) in [5.74, 6) is 1.05. The Balaban J connectivity index is 2.36. The van der Waals surface area contributed by atoms with Gasteiger partial charge in [-0.15, -0.1) is 22.7 Å². The third-order valence-corrected chi connectivity index (χ3v) is 6.47. The molecule has 0 unspecified atom stereocenters. The maximum Gasteiger partial charge on any atom is 0.141 e. The molecule has 3 rings (SSSR count). The average Bonchev–Trinajstić information content (AvgIpc) is 2.68. The molecule has 0 aliphatic carbocycles. The lowest BCUT2D eigenvalue weighted by atomic mass is 9.91. The number of rotatable bonds is 0. The molecule has 0 atom stereocenters. The van der Waals surface area contributed by atoms with Gasteiger partial charge in [-0.3, -0.25) is 0 Å². The topological polar surface area (TPSA) is 9.23 Å². The number of hydrogen-bond donors (Lipinski definition) is 0. The van der Waals surface area contributed by atoms with Gasteiger partial charge in [-0.1, -0.05) is 0 Å². The van der Waals surface area contributed by atoms with Gasteiger partial charge in [-0.25, -0.2) is 0 Å². The van der Waals surface area contributed by atoms with Crippen molar-refractivity contribution in [3.05, 3.63) is 25.0 Å². The third-order valence-electron chi connectivity index (χ3n) is 3.23. The van der Waals surface area contributed by atoms with Crippen LogP contribution in [-0.2, 0) is 5.60 Å². The average molecular weight is 376 g/mol. The normalized spacial score (nSPS) is 16.3. The van der Waals surface area contributed by atoms with Crippen LogP contribution in [0.15, 0.2) is 6.07 Å². The highest BCUT2D eigenvalue weighted by Gasteiger charge is 2.37. The van der Waals surface area contributed by atoms with Crippen molar-refractivity contribution in [2.75, 3.05) is 0 Å². The highest BCUT2D eigenvalue weighted by atomic mass is 127. The van der Waals surface area contributed by atoms with Crippen LogP contribution in [0.4, 0.5) is 0 Å². The molecular formula is C13H13IOS2. The van der Waals surface area contributed by atoms with E-state index in [1.165, 1.54) is 28.6 Å². The van der Waals surface area contributed by atoms with E-state index in [-0.39, 0.29) is 5.60 Å². The number of fused-ring (bicyclic) bond motifs is 3. The number of halogens is 1. The second kappa shape index (κ2) is 3.71. The van der Waals surface area contributed by atoms with E-state index in [2.05, 4.69) is 56.4 Å². The van der Waals surface area contributed by atoms with Crippen LogP contribution in [0.2, 0.25) is 0 Å². The summed E-state index contributed by atoms with van der Waals surface area (Å²) in [6, 6.07) is 2.15. The molecule has 0 bridgehead atoms. The lowest BCUT2D eigenvalue weighted by Crippen LogP contribution is -2.28. The van der Waals surface area contributed by atoms with E-state index in [0.717, 1.165) is 5.75 Å². The quantitative estimate of drug-likeness (QED) is 0.565. The van der Waals surface area contributed by atoms with Gasteiger partial charge in [0.25, 0.3) is 0 Å². The fraction of sp³-hybridized carbons (Fsp3) is 0.385. The fourth-order valence-corrected chi connectivity index (χ4v) is 5.62. The molecule has 0 fully saturated rings. The molecule has 0 radical (unpaired) electrons. The van der Waals surface area contributed by atoms with Crippen molar-refractivity contribution < 1.29 is 4.74 Å². The minimum absolute atomic E-state index is 0.207. The largest absolute Gasteiger partial charge is 0.481 e. The van der Waals surface area contributed by atoms with Crippen LogP contribution in [0.3, 0.4) is 0 Å². The van der Waals surface area contributed by atoms with Crippen LogP contribution in [-0.4, -0.2) is 0 Å². The maximum atomic E-state index is 6.17. The number of thiophene rings is 2. The summed E-state index contributed by atoms with van der Waals surface area (Å²) in [4.78, 5) is 4.13. The van der Waals surface area contributed by atoms with Crippen molar-refractivity contribution >= 4 is 45.3 Å². The Hall–Kier alpha value is -0.0700. The van der Waals surface area contributed by atoms with Crippen molar-refractivity contribution in [3.63, 3.8) is 0 Å². The monoisotopic (exact) mass is 376 g/mol. The van der Waals surface area contributed by atoms with Gasteiger partial charge < -0.3 is 4.74 Å². The van der Waals surface area contributed by atoms with E-state index in [1.54, 1.807) is 0 Å². The molecule has 0 spiro atoms. The Morgan fingerprint density at radius 3 is 2.59 bits per heavy atom. The van der Waals surface area contributed by atoms with E-state index in [4.69, 9.17) is 4.74 Å². The third kappa shape index (κ3) is 1.68. The molecule has 1 aliphatic heterocycles. The molecule has 17 heavy (non-hydrogen) atoms. The molecule has 90 valence electrons. The van der Waals surface area contributed by atoms with Crippen molar-refractivity contribution in [1.29, 1.82) is 0 Å². The Morgan fingerprint density at radius 1 is 1.18 bits per heavy atom. The molecule has 1 nitrogen and oxygen atoms in total. The van der Waals surface area contributed by atoms with Crippen molar-refractivity contribution in [2.45, 2.75) is 33.3 Å². The molecule has 2 aromatic rings. The van der Waals surface area contributed by atoms with E-state index >= 15 is 0 Å². The van der Waals surface area contributed by atoms with E-state index < -0.39 is 0 Å². The summed E-state index contributed by atoms with van der Waals surface area (Å²) < 4.78 is 7.46. The second-order valence-electron chi connectivity index (χ2n) is 4.84. The molecule has 0 aromatic carbocycles. The van der Waals surface area contributed by atoms with Gasteiger partial charge in [0.1, 0.15) is 11.4 Å². The van der Waals surface area contributed by atoms with Crippen molar-refractivity contribution in [2.24, 2.45) is 0 Å². The van der Waals surface area contributed by atoms with Crippen molar-refractivity contribution in [1.82, 2.24) is 0 Å². The Morgan fingerprint density at radius 2 is 1.88 bits per heavy atom. The van der Waals surface area contributed by atoms with Crippen LogP contribution >= 0.6 is 45.3 Å². The molecule has 0 saturated carbocycles. The molecule has 4 heteroatoms. The molecule has 0 N–H and O–H groups in total. The minimum atomic E-state index is -0.207. The van der Waals surface area contributed by atoms with Gasteiger partial charge in [-0.2, -0.15) is 0 Å². The second-order valence-corrected chi connectivity index (χ2v) is 9.01. The maximum absolute atomic E-state index is 6.17. The Kier molecular flexibility index (Phi) is 2.62. The van der Waals surface area contributed by atoms with Gasteiger partial charge >= 0.3 is 0 Å². The van der Waals surface area contributed by atoms with Crippen LogP contribution < -0.4 is 4.74 Å². The van der Waals surface area contributed by atoms with Gasteiger partial charge in [0.05, 0.1) is 12.6 Å². The highest BCUT2D eigenvalue weighted by Crippen LogP contribution is 2.53. The molecule has 0 amide bonds. The van der Waals surface area contributed by atoms with Crippen LogP contribution in [0, 0.1) is 16.7 Å². The molecule has 0 saturated heterocycles. The van der Waals surface area contributed by atoms with E-state index in [0.29, 0.717) is 0 Å². The SMILES string of the molecule is Cc1sc2c(c1C)C(C)(C)Oc1cc(I)sc1-2. The summed E-state index contributed by atoms with van der Waals surface area (Å²) in [6.45, 7) is 8.74. The van der Waals surface area contributed by atoms with Crippen LogP contribution in [0.5, 0.6) is 5.75 Å². The number of aryl methyl sites for hydroxylation is 1. The Labute approximate surface area is 123 Å². The van der Waals surface area contributed by atoms with Gasteiger partial charge in [0.15, 0.2) is 0 Å². The molecule has 2 aromatic heterocycles. The first kappa shape index (κ1) is 12.0. The minimum Gasteiger partial charge on any atom is -0.481 e. The van der Waals surface area contributed by atoms with Crippen molar-refractivity contribution in [3.8, 4) is 15.5 Å². The van der Waals surface area contributed by atoms with Gasteiger partial charge in [0, 0.05) is 16.5 Å². The summed E-state index contributed by atoms with van der Waals surface area (Å²) in [7, 11) is 0. The predicted molar refractivity (Wildman–Crippen MR) is 83.5 cm³/mol. The molecular weight excluding hydrogens is 363 g/mol. The van der Waals surface area contributed by atoms with E-state index in [9.17, 15) is 0 Å². The number of ether oxygens (including phenoxy) is 1. The van der Waals surface area contributed by atoms with Crippen LogP contribution in [0.1, 0.15) is 29.9 Å². The van der Waals surface area contributed by atoms with E-state index in [1.807, 2.05) is 22.7 Å². The Bertz CT molecular complexity index is 607. The molecule has 1 aliphatic rings. The standard InChI is InChI=1S/C13H13IOS2/c1-6-7(2)16-12-10(6)13(3,4)15-8-5-9(14)17-11(8)12/h5H,1-4H3. The van der Waals surface area contributed by atoms with Crippen LogP contribution in [0.25, 0.3) is 9.75 Å². The first-order chi connectivity index (χ1) is 7.90. The first-order valence-corrected chi connectivity index (χ1v) is 8.20. The summed E-state index contributed by atoms with van der Waals surface area (Å²) in [6.07, 6.45) is 0. The number of hydrogen-bond acceptors (Lipinski definition) is 3. The lowest BCUT2D eigenvalue weighted by Gasteiger charge is -2.32. The fourth-order valence-electron chi connectivity index (χ4n) is 2.42. The summed E-state index contributed by atoms with van der Waals surface area (Å²) >= 11 is 6.10. The first-order valence-electron chi connectivity index (χ1n) is 5.49. The zero-order chi connectivity index (χ0) is 12.4. The summed E-state index contributed by atoms with van der Waals surface area (Å²) in [5.41, 5.74) is 2.57.